The predicted octanol–water partition coefficient (Wildman–Crippen LogP) is 1.73. The van der Waals surface area contributed by atoms with E-state index in [-0.39, 0.29) is 6.04 Å². The minimum Gasteiger partial charge on any atom is -0.255 e. The Morgan fingerprint density at radius 1 is 1.90 bits per heavy atom. The highest BCUT2D eigenvalue weighted by atomic mass is 79.9. The second-order valence-electron chi connectivity index (χ2n) is 1.94. The molecule has 1 rings (SSSR count). The van der Waals surface area contributed by atoms with E-state index in [0.29, 0.717) is 0 Å². The maximum atomic E-state index is 8.47. The van der Waals surface area contributed by atoms with Crippen LogP contribution in [0.4, 0.5) is 0 Å². The Balaban J connectivity index is 2.87. The van der Waals surface area contributed by atoms with Gasteiger partial charge < -0.3 is 0 Å². The van der Waals surface area contributed by atoms with E-state index in [4.69, 9.17) is 5.26 Å². The van der Waals surface area contributed by atoms with Crippen LogP contribution in [-0.2, 0) is 0 Å². The van der Waals surface area contributed by atoms with Crippen LogP contribution in [-0.4, -0.2) is 9.78 Å². The van der Waals surface area contributed by atoms with Gasteiger partial charge in [0.1, 0.15) is 6.04 Å². The minimum atomic E-state index is -0.189. The van der Waals surface area contributed by atoms with Crippen LogP contribution in [0.25, 0.3) is 0 Å². The van der Waals surface area contributed by atoms with E-state index >= 15 is 0 Å². The molecule has 0 N–H and O–H groups in total. The van der Waals surface area contributed by atoms with Crippen LogP contribution in [0.3, 0.4) is 0 Å². The van der Waals surface area contributed by atoms with Crippen molar-refractivity contribution < 1.29 is 0 Å². The smallest absolute Gasteiger partial charge is 0.135 e. The molecule has 1 atom stereocenters. The molecule has 0 spiro atoms. The van der Waals surface area contributed by atoms with E-state index in [9.17, 15) is 0 Å². The summed E-state index contributed by atoms with van der Waals surface area (Å²) in [4.78, 5) is 0. The number of rotatable bonds is 1. The third-order valence-corrected chi connectivity index (χ3v) is 1.56. The second kappa shape index (κ2) is 2.84. The fraction of sp³-hybridized carbons (Fsp3) is 0.333. The van der Waals surface area contributed by atoms with Crippen molar-refractivity contribution in [3.63, 3.8) is 0 Å². The Labute approximate surface area is 67.4 Å². The fourth-order valence-corrected chi connectivity index (χ4v) is 0.887. The molecule has 10 heavy (non-hydrogen) atoms. The average Bonchev–Trinajstić information content (AvgIpc) is 2.34. The van der Waals surface area contributed by atoms with Crippen LogP contribution in [0, 0.1) is 11.3 Å². The fourth-order valence-electron chi connectivity index (χ4n) is 0.586. The van der Waals surface area contributed by atoms with Gasteiger partial charge in [0.05, 0.1) is 16.7 Å². The van der Waals surface area contributed by atoms with Crippen LogP contribution in [0.5, 0.6) is 0 Å². The SMILES string of the molecule is C[C@@H](C#N)n1cc(Br)cn1. The van der Waals surface area contributed by atoms with Gasteiger partial charge in [0.2, 0.25) is 0 Å². The van der Waals surface area contributed by atoms with E-state index in [2.05, 4.69) is 27.1 Å². The Morgan fingerprint density at radius 3 is 3.00 bits per heavy atom. The Morgan fingerprint density at radius 2 is 2.60 bits per heavy atom. The number of hydrogen-bond acceptors (Lipinski definition) is 2. The molecule has 0 fully saturated rings. The molecule has 52 valence electrons. The van der Waals surface area contributed by atoms with Crippen molar-refractivity contribution >= 4 is 15.9 Å². The van der Waals surface area contributed by atoms with E-state index in [1.165, 1.54) is 0 Å². The summed E-state index contributed by atoms with van der Waals surface area (Å²) in [5, 5.41) is 12.4. The molecule has 0 amide bonds. The predicted molar refractivity (Wildman–Crippen MR) is 40.3 cm³/mol. The van der Waals surface area contributed by atoms with Crippen molar-refractivity contribution in [3.05, 3.63) is 16.9 Å². The molecule has 0 aromatic carbocycles. The first-order valence-corrected chi connectivity index (χ1v) is 3.62. The van der Waals surface area contributed by atoms with Gasteiger partial charge in [0.15, 0.2) is 0 Å². The summed E-state index contributed by atoms with van der Waals surface area (Å²) in [5.74, 6) is 0. The van der Waals surface area contributed by atoms with Crippen molar-refractivity contribution in [2.75, 3.05) is 0 Å². The van der Waals surface area contributed by atoms with E-state index < -0.39 is 0 Å². The van der Waals surface area contributed by atoms with Crippen LogP contribution >= 0.6 is 15.9 Å². The monoisotopic (exact) mass is 199 g/mol. The molecule has 0 radical (unpaired) electrons. The zero-order chi connectivity index (χ0) is 7.56. The molecule has 0 saturated carbocycles. The highest BCUT2D eigenvalue weighted by Crippen LogP contribution is 2.10. The average molecular weight is 200 g/mol. The largest absolute Gasteiger partial charge is 0.255 e. The molecule has 0 bridgehead atoms. The summed E-state index contributed by atoms with van der Waals surface area (Å²) in [6.07, 6.45) is 3.43. The summed E-state index contributed by atoms with van der Waals surface area (Å²) < 4.78 is 2.50. The number of aromatic nitrogens is 2. The maximum absolute atomic E-state index is 8.47. The first kappa shape index (κ1) is 7.29. The minimum absolute atomic E-state index is 0.189. The standard InChI is InChI=1S/C6H6BrN3/c1-5(2-8)10-4-6(7)3-9-10/h3-5H,1H3/t5-/m0/s1. The van der Waals surface area contributed by atoms with Crippen molar-refractivity contribution in [1.82, 2.24) is 9.78 Å². The van der Waals surface area contributed by atoms with Crippen LogP contribution in [0.15, 0.2) is 16.9 Å². The number of nitriles is 1. The topological polar surface area (TPSA) is 41.6 Å². The highest BCUT2D eigenvalue weighted by Gasteiger charge is 2.01. The molecule has 0 aliphatic heterocycles. The van der Waals surface area contributed by atoms with Gasteiger partial charge in [-0.1, -0.05) is 0 Å². The van der Waals surface area contributed by atoms with E-state index in [1.807, 2.05) is 0 Å². The summed E-state index contributed by atoms with van der Waals surface area (Å²) in [7, 11) is 0. The van der Waals surface area contributed by atoms with E-state index in [1.54, 1.807) is 24.0 Å². The zero-order valence-electron chi connectivity index (χ0n) is 5.45. The van der Waals surface area contributed by atoms with Gasteiger partial charge in [-0.3, -0.25) is 4.68 Å². The van der Waals surface area contributed by atoms with Crippen molar-refractivity contribution in [2.24, 2.45) is 0 Å². The molecule has 1 aromatic rings. The molecule has 0 aliphatic rings. The zero-order valence-corrected chi connectivity index (χ0v) is 7.04. The molecular formula is C6H6BrN3. The van der Waals surface area contributed by atoms with Gasteiger partial charge in [0.25, 0.3) is 0 Å². The number of nitrogens with zero attached hydrogens (tertiary/aromatic N) is 3. The second-order valence-corrected chi connectivity index (χ2v) is 2.86. The molecule has 3 nitrogen and oxygen atoms in total. The molecule has 0 saturated heterocycles. The highest BCUT2D eigenvalue weighted by molar-refractivity contribution is 9.10. The first-order chi connectivity index (χ1) is 4.74. The third-order valence-electron chi connectivity index (χ3n) is 1.15. The van der Waals surface area contributed by atoms with Crippen molar-refractivity contribution in [3.8, 4) is 6.07 Å². The van der Waals surface area contributed by atoms with Crippen LogP contribution < -0.4 is 0 Å². The van der Waals surface area contributed by atoms with E-state index in [0.717, 1.165) is 4.47 Å². The summed E-state index contributed by atoms with van der Waals surface area (Å²) in [6.45, 7) is 1.79. The quantitative estimate of drug-likeness (QED) is 0.692. The van der Waals surface area contributed by atoms with Gasteiger partial charge in [-0.05, 0) is 22.9 Å². The van der Waals surface area contributed by atoms with Gasteiger partial charge in [-0.2, -0.15) is 10.4 Å². The molecule has 1 aromatic heterocycles. The van der Waals surface area contributed by atoms with Crippen molar-refractivity contribution in [1.29, 1.82) is 5.26 Å². The normalized spacial score (nSPS) is 12.5. The summed E-state index contributed by atoms with van der Waals surface area (Å²) in [5.41, 5.74) is 0. The lowest BCUT2D eigenvalue weighted by Gasteiger charge is -1.99. The molecule has 1 heterocycles. The Hall–Kier alpha value is -0.820. The maximum Gasteiger partial charge on any atom is 0.135 e. The molecular weight excluding hydrogens is 194 g/mol. The van der Waals surface area contributed by atoms with Crippen LogP contribution in [0.1, 0.15) is 13.0 Å². The summed E-state index contributed by atoms with van der Waals surface area (Å²) >= 11 is 3.24. The lowest BCUT2D eigenvalue weighted by atomic mass is 10.4. The molecule has 4 heteroatoms. The van der Waals surface area contributed by atoms with Gasteiger partial charge >= 0.3 is 0 Å². The number of hydrogen-bond donors (Lipinski definition) is 0. The van der Waals surface area contributed by atoms with Gasteiger partial charge in [-0.15, -0.1) is 0 Å². The van der Waals surface area contributed by atoms with Gasteiger partial charge in [-0.25, -0.2) is 0 Å². The Bertz CT molecular complexity index is 260. The third kappa shape index (κ3) is 1.36. The first-order valence-electron chi connectivity index (χ1n) is 2.83. The number of halogens is 1. The molecule has 0 aliphatic carbocycles. The van der Waals surface area contributed by atoms with Crippen molar-refractivity contribution in [2.45, 2.75) is 13.0 Å². The summed E-state index contributed by atoms with van der Waals surface area (Å²) in [6, 6.07) is 1.89. The molecule has 0 unspecified atom stereocenters. The lowest BCUT2D eigenvalue weighted by Crippen LogP contribution is -2.01. The van der Waals surface area contributed by atoms with Crippen LogP contribution in [0.2, 0.25) is 0 Å². The Kier molecular flexibility index (Phi) is 2.07. The lowest BCUT2D eigenvalue weighted by molar-refractivity contribution is 0.591. The van der Waals surface area contributed by atoms with Gasteiger partial charge in [0, 0.05) is 6.20 Å².